The molecule has 6 heteroatoms. The van der Waals surface area contributed by atoms with Crippen molar-refractivity contribution >= 4 is 12.1 Å². The lowest BCUT2D eigenvalue weighted by Crippen LogP contribution is -2.19. The lowest BCUT2D eigenvalue weighted by Gasteiger charge is -2.12. The molecule has 6 nitrogen and oxygen atoms in total. The summed E-state index contributed by atoms with van der Waals surface area (Å²) >= 11 is 0. The summed E-state index contributed by atoms with van der Waals surface area (Å²) in [6, 6.07) is 22.8. The average molecular weight is 418 g/mol. The zero-order chi connectivity index (χ0) is 21.9. The van der Waals surface area contributed by atoms with Crippen LogP contribution in [0.4, 0.5) is 0 Å². The molecule has 3 aromatic carbocycles. The van der Waals surface area contributed by atoms with E-state index in [9.17, 15) is 4.79 Å². The quantitative estimate of drug-likeness (QED) is 0.392. The number of ether oxygens (including phenoxy) is 3. The molecule has 160 valence electrons. The van der Waals surface area contributed by atoms with E-state index in [1.54, 1.807) is 13.3 Å². The lowest BCUT2D eigenvalue weighted by molar-refractivity contribution is -0.120. The van der Waals surface area contributed by atoms with E-state index in [1.165, 1.54) is 0 Å². The molecule has 0 unspecified atom stereocenters. The van der Waals surface area contributed by atoms with Gasteiger partial charge in [0.15, 0.2) is 11.5 Å². The lowest BCUT2D eigenvalue weighted by atomic mass is 10.1. The minimum absolute atomic E-state index is 0.200. The van der Waals surface area contributed by atoms with E-state index >= 15 is 0 Å². The Morgan fingerprint density at radius 2 is 1.71 bits per heavy atom. The summed E-state index contributed by atoms with van der Waals surface area (Å²) in [4.78, 5) is 12.1. The minimum atomic E-state index is -0.200. The van der Waals surface area contributed by atoms with E-state index in [-0.39, 0.29) is 12.3 Å². The molecule has 1 N–H and O–H groups in total. The number of benzene rings is 3. The Morgan fingerprint density at radius 3 is 2.42 bits per heavy atom. The largest absolute Gasteiger partial charge is 0.497 e. The van der Waals surface area contributed by atoms with E-state index in [2.05, 4.69) is 10.5 Å². The third-order valence-electron chi connectivity index (χ3n) is 4.43. The smallest absolute Gasteiger partial charge is 0.244 e. The van der Waals surface area contributed by atoms with Crippen LogP contribution in [-0.4, -0.2) is 25.8 Å². The molecule has 0 saturated carbocycles. The molecule has 1 amide bonds. The molecule has 0 bridgehead atoms. The third kappa shape index (κ3) is 6.89. The Kier molecular flexibility index (Phi) is 8.05. The van der Waals surface area contributed by atoms with E-state index in [4.69, 9.17) is 14.2 Å². The number of rotatable bonds is 10. The van der Waals surface area contributed by atoms with Gasteiger partial charge in [-0.2, -0.15) is 5.10 Å². The molecule has 3 rings (SSSR count). The summed E-state index contributed by atoms with van der Waals surface area (Å²) in [5.74, 6) is 1.84. The van der Waals surface area contributed by atoms with Crippen molar-refractivity contribution in [2.24, 2.45) is 5.10 Å². The van der Waals surface area contributed by atoms with Gasteiger partial charge in [-0.25, -0.2) is 5.43 Å². The molecule has 0 fully saturated rings. The fourth-order valence-electron chi connectivity index (χ4n) is 2.87. The van der Waals surface area contributed by atoms with Gasteiger partial charge in [0.2, 0.25) is 5.91 Å². The van der Waals surface area contributed by atoms with Gasteiger partial charge in [0.1, 0.15) is 12.4 Å². The number of carbonyl (C=O) groups is 1. The summed E-state index contributed by atoms with van der Waals surface area (Å²) in [6.45, 7) is 2.89. The van der Waals surface area contributed by atoms with Crippen molar-refractivity contribution in [3.05, 3.63) is 89.5 Å². The van der Waals surface area contributed by atoms with Crippen LogP contribution < -0.4 is 19.6 Å². The predicted molar refractivity (Wildman–Crippen MR) is 121 cm³/mol. The maximum atomic E-state index is 12.1. The third-order valence-corrected chi connectivity index (χ3v) is 4.43. The van der Waals surface area contributed by atoms with Crippen molar-refractivity contribution in [1.82, 2.24) is 5.43 Å². The topological polar surface area (TPSA) is 69.2 Å². The number of hydrogen-bond acceptors (Lipinski definition) is 5. The van der Waals surface area contributed by atoms with Gasteiger partial charge in [-0.05, 0) is 53.9 Å². The van der Waals surface area contributed by atoms with Crippen LogP contribution in [0.1, 0.15) is 23.6 Å². The van der Waals surface area contributed by atoms with Gasteiger partial charge >= 0.3 is 0 Å². The molecule has 0 atom stereocenters. The van der Waals surface area contributed by atoms with Crippen LogP contribution in [0.15, 0.2) is 77.9 Å². The van der Waals surface area contributed by atoms with E-state index < -0.39 is 0 Å². The summed E-state index contributed by atoms with van der Waals surface area (Å²) in [5.41, 5.74) is 5.30. The second kappa shape index (κ2) is 11.4. The Bertz CT molecular complexity index is 1000. The molecule has 0 aliphatic rings. The second-order valence-electron chi connectivity index (χ2n) is 6.73. The SMILES string of the molecule is CCOc1cc(/C=N\NC(=O)Cc2ccc(OC)cc2)ccc1OCc1ccccc1. The van der Waals surface area contributed by atoms with Crippen LogP contribution in [0.5, 0.6) is 17.2 Å². The molecule has 0 radical (unpaired) electrons. The maximum absolute atomic E-state index is 12.1. The molecule has 0 spiro atoms. The van der Waals surface area contributed by atoms with Crippen LogP contribution in [0.3, 0.4) is 0 Å². The Labute approximate surface area is 182 Å². The fourth-order valence-corrected chi connectivity index (χ4v) is 2.87. The highest BCUT2D eigenvalue weighted by atomic mass is 16.5. The maximum Gasteiger partial charge on any atom is 0.244 e. The number of amides is 1. The van der Waals surface area contributed by atoms with Crippen molar-refractivity contribution in [2.45, 2.75) is 20.0 Å². The second-order valence-corrected chi connectivity index (χ2v) is 6.73. The first-order chi connectivity index (χ1) is 15.2. The Morgan fingerprint density at radius 1 is 0.935 bits per heavy atom. The summed E-state index contributed by atoms with van der Waals surface area (Å²) in [6.07, 6.45) is 1.81. The molecule has 31 heavy (non-hydrogen) atoms. The molecule has 3 aromatic rings. The number of methoxy groups -OCH3 is 1. The number of nitrogens with one attached hydrogen (secondary N) is 1. The number of carbonyl (C=O) groups excluding carboxylic acids is 1. The molecule has 0 aliphatic heterocycles. The standard InChI is InChI=1S/C25H26N2O4/c1-3-30-24-15-21(11-14-23(24)31-18-20-7-5-4-6-8-20)17-26-27-25(28)16-19-9-12-22(29-2)13-10-19/h4-15,17H,3,16,18H2,1-2H3,(H,27,28)/b26-17-. The first kappa shape index (κ1) is 21.9. The molecule has 0 saturated heterocycles. The molecule has 0 aromatic heterocycles. The van der Waals surface area contributed by atoms with Crippen LogP contribution in [0, 0.1) is 0 Å². The van der Waals surface area contributed by atoms with Crippen molar-refractivity contribution in [1.29, 1.82) is 0 Å². The number of nitrogens with zero attached hydrogens (tertiary/aromatic N) is 1. The van der Waals surface area contributed by atoms with Gasteiger partial charge in [-0.3, -0.25) is 4.79 Å². The van der Waals surface area contributed by atoms with Gasteiger partial charge in [-0.1, -0.05) is 42.5 Å². The molecular formula is C25H26N2O4. The molecular weight excluding hydrogens is 392 g/mol. The average Bonchev–Trinajstić information content (AvgIpc) is 2.80. The zero-order valence-electron chi connectivity index (χ0n) is 17.7. The van der Waals surface area contributed by atoms with Crippen molar-refractivity contribution in [2.75, 3.05) is 13.7 Å². The summed E-state index contributed by atoms with van der Waals surface area (Å²) in [7, 11) is 1.61. The Balaban J connectivity index is 1.57. The summed E-state index contributed by atoms with van der Waals surface area (Å²) < 4.78 is 16.7. The first-order valence-electron chi connectivity index (χ1n) is 10.1. The predicted octanol–water partition coefficient (Wildman–Crippen LogP) is 4.37. The van der Waals surface area contributed by atoms with Crippen molar-refractivity contribution < 1.29 is 19.0 Å². The number of hydrogen-bond donors (Lipinski definition) is 1. The van der Waals surface area contributed by atoms with Crippen molar-refractivity contribution in [3.8, 4) is 17.2 Å². The van der Waals surface area contributed by atoms with Crippen LogP contribution in [-0.2, 0) is 17.8 Å². The molecule has 0 aliphatic carbocycles. The van der Waals surface area contributed by atoms with Gasteiger partial charge in [0.05, 0.1) is 26.4 Å². The Hall–Kier alpha value is -3.80. The zero-order valence-corrected chi connectivity index (χ0v) is 17.7. The van der Waals surface area contributed by atoms with Gasteiger partial charge in [-0.15, -0.1) is 0 Å². The highest BCUT2D eigenvalue weighted by Gasteiger charge is 2.07. The van der Waals surface area contributed by atoms with Crippen LogP contribution >= 0.6 is 0 Å². The van der Waals surface area contributed by atoms with Gasteiger partial charge in [0.25, 0.3) is 0 Å². The van der Waals surface area contributed by atoms with Gasteiger partial charge in [0, 0.05) is 0 Å². The van der Waals surface area contributed by atoms with Crippen LogP contribution in [0.2, 0.25) is 0 Å². The van der Waals surface area contributed by atoms with E-state index in [0.29, 0.717) is 24.7 Å². The van der Waals surface area contributed by atoms with E-state index in [1.807, 2.05) is 79.7 Å². The molecule has 0 heterocycles. The minimum Gasteiger partial charge on any atom is -0.497 e. The highest BCUT2D eigenvalue weighted by molar-refractivity contribution is 5.84. The highest BCUT2D eigenvalue weighted by Crippen LogP contribution is 2.28. The monoisotopic (exact) mass is 418 g/mol. The first-order valence-corrected chi connectivity index (χ1v) is 10.1. The van der Waals surface area contributed by atoms with E-state index in [0.717, 1.165) is 22.4 Å². The fraction of sp³-hybridized carbons (Fsp3) is 0.200. The summed E-state index contributed by atoms with van der Waals surface area (Å²) in [5, 5.41) is 4.05. The van der Waals surface area contributed by atoms with Crippen molar-refractivity contribution in [3.63, 3.8) is 0 Å². The number of hydrazone groups is 1. The normalized spacial score (nSPS) is 10.6. The van der Waals surface area contributed by atoms with Gasteiger partial charge < -0.3 is 14.2 Å². The van der Waals surface area contributed by atoms with Crippen LogP contribution in [0.25, 0.3) is 0 Å².